The highest BCUT2D eigenvalue weighted by atomic mass is 19.1. The third-order valence-corrected chi connectivity index (χ3v) is 4.46. The molecule has 0 spiro atoms. The Labute approximate surface area is 155 Å². The lowest BCUT2D eigenvalue weighted by Crippen LogP contribution is -2.35. The molecule has 0 amide bonds. The molecular formula is C20H21FN2O2. The average Bonchev–Trinajstić information content (AvgIpc) is 3.05. The van der Waals surface area contributed by atoms with E-state index in [-0.39, 0.29) is 19.4 Å². The Kier molecular flexibility index (Phi) is 2.99. The van der Waals surface area contributed by atoms with Crippen LogP contribution in [0.25, 0.3) is 0 Å². The van der Waals surface area contributed by atoms with E-state index in [9.17, 15) is 9.60 Å². The van der Waals surface area contributed by atoms with Gasteiger partial charge in [0.25, 0.3) is 0 Å². The highest BCUT2D eigenvalue weighted by Gasteiger charge is 2.41. The molecule has 25 heavy (non-hydrogen) atoms. The van der Waals surface area contributed by atoms with Crippen LogP contribution in [0.1, 0.15) is 43.3 Å². The molecule has 1 aliphatic heterocycles. The van der Waals surface area contributed by atoms with Crippen LogP contribution < -0.4 is 0 Å². The van der Waals surface area contributed by atoms with Gasteiger partial charge in [-0.1, -0.05) is 18.2 Å². The molecule has 2 aromatic carbocycles. The molecule has 0 aliphatic carbocycles. The van der Waals surface area contributed by atoms with Crippen LogP contribution in [0, 0.1) is 22.4 Å². The molecule has 0 fully saturated rings. The van der Waals surface area contributed by atoms with E-state index >= 15 is 0 Å². The average molecular weight is 346 g/mol. The minimum Gasteiger partial charge on any atom is -0.633 e. The first-order valence-corrected chi connectivity index (χ1v) is 7.87. The predicted molar refractivity (Wildman–Crippen MR) is 92.7 cm³/mol. The van der Waals surface area contributed by atoms with Gasteiger partial charge in [0.15, 0.2) is 0 Å². The van der Waals surface area contributed by atoms with Crippen molar-refractivity contribution in [2.75, 3.05) is 20.5 Å². The number of nitriles is 1. The van der Waals surface area contributed by atoms with Crippen LogP contribution in [0.2, 0.25) is 0 Å². The van der Waals surface area contributed by atoms with Crippen molar-refractivity contribution in [1.82, 2.24) is 0 Å². The first kappa shape index (κ1) is 11.4. The molecule has 0 N–H and O–H groups in total. The lowest BCUT2D eigenvalue weighted by Gasteiger charge is -2.36. The molecule has 1 aliphatic rings. The maximum absolute atomic E-state index is 13.5. The molecule has 1 atom stereocenters. The molecule has 5 heteroatoms. The first-order chi connectivity index (χ1) is 14.3. The number of hydrogen-bond donors (Lipinski definition) is 0. The Bertz CT molecular complexity index is 987. The third-order valence-electron chi connectivity index (χ3n) is 4.46. The fourth-order valence-corrected chi connectivity index (χ4v) is 3.32. The summed E-state index contributed by atoms with van der Waals surface area (Å²) in [5.74, 6) is -0.447. The number of halogens is 1. The van der Waals surface area contributed by atoms with E-state index < -0.39 is 36.6 Å². The molecule has 3 rings (SSSR count). The third kappa shape index (κ3) is 3.57. The summed E-state index contributed by atoms with van der Waals surface area (Å²) < 4.78 is 62.0. The van der Waals surface area contributed by atoms with Crippen LogP contribution >= 0.6 is 0 Å². The lowest BCUT2D eigenvalue weighted by atomic mass is 9.81. The minimum atomic E-state index is -3.27. The second kappa shape index (κ2) is 6.57. The summed E-state index contributed by atoms with van der Waals surface area (Å²) in [6.45, 7) is -7.06. The number of rotatable bonds is 5. The van der Waals surface area contributed by atoms with Crippen molar-refractivity contribution in [3.05, 3.63) is 75.7 Å². The van der Waals surface area contributed by atoms with E-state index in [4.69, 9.17) is 18.2 Å². The largest absolute Gasteiger partial charge is 0.633 e. The lowest BCUT2D eigenvalue weighted by molar-refractivity contribution is -0.840. The Balaban J connectivity index is 1.98. The Morgan fingerprint density at radius 2 is 2.08 bits per heavy atom. The molecule has 130 valence electrons. The second-order valence-corrected chi connectivity index (χ2v) is 6.17. The van der Waals surface area contributed by atoms with Crippen molar-refractivity contribution in [3.8, 4) is 6.07 Å². The van der Waals surface area contributed by atoms with Gasteiger partial charge in [0, 0.05) is 6.42 Å². The summed E-state index contributed by atoms with van der Waals surface area (Å²) in [4.78, 5) is 0. The summed E-state index contributed by atoms with van der Waals surface area (Å²) in [7, 11) is 0. The number of hydroxylamine groups is 3. The molecule has 0 bridgehead atoms. The topological polar surface area (TPSA) is 56.1 Å². The van der Waals surface area contributed by atoms with E-state index in [1.54, 1.807) is 18.2 Å². The van der Waals surface area contributed by atoms with E-state index in [1.165, 1.54) is 24.3 Å². The van der Waals surface area contributed by atoms with Crippen LogP contribution in [0.3, 0.4) is 0 Å². The summed E-state index contributed by atoms with van der Waals surface area (Å²) in [6.07, 6.45) is 0.0308. The Hall–Kier alpha value is -2.26. The first-order valence-electron chi connectivity index (χ1n) is 10.9. The molecular weight excluding hydrogens is 319 g/mol. The van der Waals surface area contributed by atoms with E-state index in [0.29, 0.717) is 16.7 Å². The summed E-state index contributed by atoms with van der Waals surface area (Å²) >= 11 is 0. The van der Waals surface area contributed by atoms with Crippen molar-refractivity contribution in [3.63, 3.8) is 0 Å². The summed E-state index contributed by atoms with van der Waals surface area (Å²) in [5.41, 5.74) is 1.37. The summed E-state index contributed by atoms with van der Waals surface area (Å²) in [5, 5.41) is 22.0. The van der Waals surface area contributed by atoms with Crippen molar-refractivity contribution in [2.45, 2.75) is 25.0 Å². The molecule has 0 saturated heterocycles. The zero-order valence-electron chi connectivity index (χ0n) is 19.5. The number of quaternary nitrogens is 1. The molecule has 0 radical (unpaired) electrons. The predicted octanol–water partition coefficient (Wildman–Crippen LogP) is 3.83. The number of nitrogens with zero attached hydrogens (tertiary/aromatic N) is 2. The number of ether oxygens (including phenoxy) is 1. The van der Waals surface area contributed by atoms with E-state index in [2.05, 4.69) is 6.07 Å². The number of hydrogen-bond acceptors (Lipinski definition) is 3. The zero-order chi connectivity index (χ0) is 23.1. The monoisotopic (exact) mass is 346 g/mol. The smallest absolute Gasteiger partial charge is 0.123 e. The van der Waals surface area contributed by atoms with Crippen LogP contribution in [0.15, 0.2) is 42.5 Å². The van der Waals surface area contributed by atoms with Crippen LogP contribution in [-0.4, -0.2) is 25.1 Å². The molecule has 0 saturated carbocycles. The Morgan fingerprint density at radius 1 is 1.32 bits per heavy atom. The highest BCUT2D eigenvalue weighted by Crippen LogP contribution is 2.45. The van der Waals surface area contributed by atoms with Gasteiger partial charge in [-0.3, -0.25) is 0 Å². The number of fused-ring (bicyclic) bond motifs is 1. The van der Waals surface area contributed by atoms with Gasteiger partial charge in [-0.25, -0.2) is 4.39 Å². The highest BCUT2D eigenvalue weighted by molar-refractivity contribution is 5.47. The van der Waals surface area contributed by atoms with Crippen LogP contribution in [0.4, 0.5) is 4.39 Å². The zero-order valence-corrected chi connectivity index (χ0v) is 13.5. The van der Waals surface area contributed by atoms with E-state index in [1.807, 2.05) is 0 Å². The van der Waals surface area contributed by atoms with Gasteiger partial charge in [-0.05, 0) is 47.4 Å². The maximum Gasteiger partial charge on any atom is 0.123 e. The molecule has 1 heterocycles. The van der Waals surface area contributed by atoms with Crippen molar-refractivity contribution in [2.24, 2.45) is 0 Å². The van der Waals surface area contributed by atoms with Gasteiger partial charge in [0.2, 0.25) is 0 Å². The van der Waals surface area contributed by atoms with Gasteiger partial charge >= 0.3 is 0 Å². The fourth-order valence-electron chi connectivity index (χ4n) is 3.32. The number of benzene rings is 2. The molecule has 0 aromatic heterocycles. The van der Waals surface area contributed by atoms with Crippen LogP contribution in [0.5, 0.6) is 0 Å². The standard InChI is InChI=1S/C20H21FN2O2/c1-23(2,24)11-3-10-20(17-5-7-18(21)8-6-17)19-9-4-15(13-22)12-16(19)14-25-20/h4-9,12H,3,10-11,14H2,1-2H3/i1D3,2D3. The second-order valence-electron chi connectivity index (χ2n) is 6.17. The fraction of sp³-hybridized carbons (Fsp3) is 0.350. The summed E-state index contributed by atoms with van der Waals surface area (Å²) in [6, 6.07) is 12.7. The van der Waals surface area contributed by atoms with Gasteiger partial charge in [-0.2, -0.15) is 5.26 Å². The Morgan fingerprint density at radius 3 is 2.76 bits per heavy atom. The van der Waals surface area contributed by atoms with Gasteiger partial charge in [-0.15, -0.1) is 0 Å². The van der Waals surface area contributed by atoms with Crippen molar-refractivity contribution in [1.29, 1.82) is 5.26 Å². The maximum atomic E-state index is 13.5. The van der Waals surface area contributed by atoms with Gasteiger partial charge < -0.3 is 14.6 Å². The van der Waals surface area contributed by atoms with Crippen LogP contribution in [-0.2, 0) is 16.9 Å². The molecule has 2 aromatic rings. The van der Waals surface area contributed by atoms with Crippen molar-refractivity contribution >= 4 is 0 Å². The van der Waals surface area contributed by atoms with E-state index in [0.717, 1.165) is 5.56 Å². The molecule has 4 nitrogen and oxygen atoms in total. The van der Waals surface area contributed by atoms with Crippen molar-refractivity contribution < 1.29 is 22.0 Å². The SMILES string of the molecule is [2H]C([2H])([2H])[N+]([O-])(CCCC1(c2ccc(F)cc2)OCc2cc(C#N)ccc21)C([2H])([2H])[2H]. The van der Waals surface area contributed by atoms with Gasteiger partial charge in [0.05, 0.1) is 47.0 Å². The van der Waals surface area contributed by atoms with Gasteiger partial charge in [0.1, 0.15) is 11.4 Å². The normalized spacial score (nSPS) is 24.0. The quantitative estimate of drug-likeness (QED) is 0.611. The minimum absolute atomic E-state index is 0.0723. The molecule has 1 unspecified atom stereocenters.